The highest BCUT2D eigenvalue weighted by atomic mass is 127. The molecule has 6 nitrogen and oxygen atoms in total. The molecular formula is C19H29IN4O2S. The number of nitrogens with zero attached hydrogens (tertiary/aromatic N) is 2. The molecule has 3 heterocycles. The minimum absolute atomic E-state index is 0. The van der Waals surface area contributed by atoms with Crippen molar-refractivity contribution in [1.29, 1.82) is 0 Å². The molecule has 1 aliphatic rings. The van der Waals surface area contributed by atoms with Gasteiger partial charge in [0.2, 0.25) is 0 Å². The second-order valence-electron chi connectivity index (χ2n) is 6.54. The first kappa shape index (κ1) is 22.2. The predicted molar refractivity (Wildman–Crippen MR) is 120 cm³/mol. The second-order valence-corrected chi connectivity index (χ2v) is 7.83. The fraction of sp³-hybridized carbons (Fsp3) is 0.579. The van der Waals surface area contributed by atoms with Crippen LogP contribution < -0.4 is 10.6 Å². The number of hydrogen-bond acceptors (Lipinski definition) is 5. The molecule has 0 aromatic carbocycles. The van der Waals surface area contributed by atoms with Crippen molar-refractivity contribution in [2.45, 2.75) is 52.2 Å². The third-order valence-electron chi connectivity index (χ3n) is 4.46. The Hall–Kier alpha value is -1.13. The predicted octanol–water partition coefficient (Wildman–Crippen LogP) is 3.82. The molecule has 1 atom stereocenters. The molecule has 27 heavy (non-hydrogen) atoms. The van der Waals surface area contributed by atoms with E-state index in [-0.39, 0.29) is 30.1 Å². The average Bonchev–Trinajstić information content (AvgIpc) is 3.28. The number of hydrogen-bond donors (Lipinski definition) is 2. The maximum absolute atomic E-state index is 5.80. The molecule has 3 rings (SSSR count). The van der Waals surface area contributed by atoms with Crippen molar-refractivity contribution in [3.63, 3.8) is 0 Å². The number of halogens is 1. The molecule has 0 spiro atoms. The second kappa shape index (κ2) is 11.7. The van der Waals surface area contributed by atoms with Gasteiger partial charge in [-0.25, -0.2) is 9.98 Å². The summed E-state index contributed by atoms with van der Waals surface area (Å²) in [6, 6.07) is 3.90. The van der Waals surface area contributed by atoms with Crippen molar-refractivity contribution in [2.75, 3.05) is 19.7 Å². The molecule has 0 bridgehead atoms. The molecule has 8 heteroatoms. The molecule has 1 fully saturated rings. The van der Waals surface area contributed by atoms with Gasteiger partial charge in [-0.15, -0.1) is 35.3 Å². The van der Waals surface area contributed by atoms with Gasteiger partial charge in [0.25, 0.3) is 0 Å². The number of aromatic nitrogens is 1. The molecule has 1 aliphatic heterocycles. The topological polar surface area (TPSA) is 71.7 Å². The molecular weight excluding hydrogens is 475 g/mol. The fourth-order valence-corrected chi connectivity index (χ4v) is 3.72. The zero-order chi connectivity index (χ0) is 18.2. The Morgan fingerprint density at radius 3 is 2.89 bits per heavy atom. The van der Waals surface area contributed by atoms with Crippen LogP contribution in [0.3, 0.4) is 0 Å². The van der Waals surface area contributed by atoms with Gasteiger partial charge in [0.05, 0.1) is 24.6 Å². The van der Waals surface area contributed by atoms with Crippen LogP contribution in [0.5, 0.6) is 0 Å². The number of guanidine groups is 1. The molecule has 2 aromatic heterocycles. The Morgan fingerprint density at radius 1 is 1.33 bits per heavy atom. The van der Waals surface area contributed by atoms with Crippen LogP contribution >= 0.6 is 35.3 Å². The largest absolute Gasteiger partial charge is 0.469 e. The van der Waals surface area contributed by atoms with Crippen LogP contribution in [0.15, 0.2) is 27.8 Å². The summed E-state index contributed by atoms with van der Waals surface area (Å²) >= 11 is 1.71. The first-order chi connectivity index (χ1) is 12.7. The lowest BCUT2D eigenvalue weighted by Crippen LogP contribution is -2.43. The van der Waals surface area contributed by atoms with E-state index in [1.165, 1.54) is 17.7 Å². The third-order valence-corrected chi connectivity index (χ3v) is 5.52. The smallest absolute Gasteiger partial charge is 0.191 e. The van der Waals surface area contributed by atoms with Gasteiger partial charge in [0, 0.05) is 31.0 Å². The molecule has 0 amide bonds. The van der Waals surface area contributed by atoms with Gasteiger partial charge in [-0.3, -0.25) is 0 Å². The van der Waals surface area contributed by atoms with E-state index in [4.69, 9.17) is 14.1 Å². The number of furan rings is 1. The Morgan fingerprint density at radius 2 is 2.22 bits per heavy atom. The van der Waals surface area contributed by atoms with Gasteiger partial charge in [-0.05, 0) is 45.2 Å². The third kappa shape index (κ3) is 7.42. The van der Waals surface area contributed by atoms with Crippen LogP contribution in [0.1, 0.15) is 40.6 Å². The van der Waals surface area contributed by atoms with Gasteiger partial charge in [0.1, 0.15) is 10.8 Å². The molecule has 0 saturated carbocycles. The maximum atomic E-state index is 5.80. The van der Waals surface area contributed by atoms with Crippen LogP contribution in [0.4, 0.5) is 0 Å². The van der Waals surface area contributed by atoms with Crippen molar-refractivity contribution in [1.82, 2.24) is 15.6 Å². The summed E-state index contributed by atoms with van der Waals surface area (Å²) in [6.07, 6.45) is 6.31. The monoisotopic (exact) mass is 504 g/mol. The summed E-state index contributed by atoms with van der Waals surface area (Å²) in [5.41, 5.74) is 1.09. The van der Waals surface area contributed by atoms with Gasteiger partial charge in [-0.2, -0.15) is 0 Å². The van der Waals surface area contributed by atoms with Gasteiger partial charge in [0.15, 0.2) is 5.96 Å². The Labute approximate surface area is 182 Å². The van der Waals surface area contributed by atoms with E-state index in [9.17, 15) is 0 Å². The summed E-state index contributed by atoms with van der Waals surface area (Å²) in [5.74, 6) is 1.77. The van der Waals surface area contributed by atoms with Crippen LogP contribution in [-0.4, -0.2) is 36.7 Å². The van der Waals surface area contributed by atoms with Crippen LogP contribution in [-0.2, 0) is 17.7 Å². The van der Waals surface area contributed by atoms with E-state index in [1.807, 2.05) is 19.1 Å². The fourth-order valence-electron chi connectivity index (χ4n) is 2.87. The van der Waals surface area contributed by atoms with E-state index >= 15 is 0 Å². The maximum Gasteiger partial charge on any atom is 0.191 e. The highest BCUT2D eigenvalue weighted by Crippen LogP contribution is 2.17. The molecule has 1 saturated heterocycles. The van der Waals surface area contributed by atoms with E-state index < -0.39 is 0 Å². The van der Waals surface area contributed by atoms with E-state index in [0.29, 0.717) is 6.54 Å². The summed E-state index contributed by atoms with van der Waals surface area (Å²) in [6.45, 7) is 7.13. The minimum atomic E-state index is 0. The van der Waals surface area contributed by atoms with Crippen molar-refractivity contribution < 1.29 is 9.15 Å². The SMILES string of the molecule is Cc1nc(CN=C(NCCc2ccco2)NCC2CCCCO2)sc1C.I. The van der Waals surface area contributed by atoms with Gasteiger partial charge < -0.3 is 19.8 Å². The van der Waals surface area contributed by atoms with Crippen molar-refractivity contribution in [2.24, 2.45) is 4.99 Å². The lowest BCUT2D eigenvalue weighted by molar-refractivity contribution is 0.0194. The Bertz CT molecular complexity index is 677. The van der Waals surface area contributed by atoms with E-state index in [2.05, 4.69) is 22.5 Å². The van der Waals surface area contributed by atoms with Crippen LogP contribution in [0, 0.1) is 13.8 Å². The molecule has 1 unspecified atom stereocenters. The van der Waals surface area contributed by atoms with Crippen molar-refractivity contribution in [3.8, 4) is 0 Å². The van der Waals surface area contributed by atoms with Crippen molar-refractivity contribution >= 4 is 41.3 Å². The lowest BCUT2D eigenvalue weighted by Gasteiger charge is -2.23. The van der Waals surface area contributed by atoms with Gasteiger partial charge in [-0.1, -0.05) is 0 Å². The number of ether oxygens (including phenoxy) is 1. The zero-order valence-electron chi connectivity index (χ0n) is 16.0. The first-order valence-corrected chi connectivity index (χ1v) is 10.1. The number of aliphatic imine (C=N–C) groups is 1. The molecule has 0 aliphatic carbocycles. The zero-order valence-corrected chi connectivity index (χ0v) is 19.1. The summed E-state index contributed by atoms with van der Waals surface area (Å²) in [4.78, 5) is 10.5. The average molecular weight is 504 g/mol. The Balaban J connectivity index is 0.00000261. The summed E-state index contributed by atoms with van der Waals surface area (Å²) < 4.78 is 11.2. The lowest BCUT2D eigenvalue weighted by atomic mass is 10.1. The quantitative estimate of drug-likeness (QED) is 0.341. The highest BCUT2D eigenvalue weighted by molar-refractivity contribution is 14.0. The van der Waals surface area contributed by atoms with Crippen LogP contribution in [0.2, 0.25) is 0 Å². The van der Waals surface area contributed by atoms with Gasteiger partial charge >= 0.3 is 0 Å². The van der Waals surface area contributed by atoms with E-state index in [0.717, 1.165) is 55.0 Å². The minimum Gasteiger partial charge on any atom is -0.469 e. The summed E-state index contributed by atoms with van der Waals surface area (Å²) in [5, 5.41) is 7.85. The molecule has 2 aromatic rings. The number of aryl methyl sites for hydroxylation is 2. The number of rotatable bonds is 7. The summed E-state index contributed by atoms with van der Waals surface area (Å²) in [7, 11) is 0. The normalized spacial score (nSPS) is 17.4. The highest BCUT2D eigenvalue weighted by Gasteiger charge is 2.14. The number of thiazole rings is 1. The molecule has 150 valence electrons. The molecule has 2 N–H and O–H groups in total. The molecule has 0 radical (unpaired) electrons. The van der Waals surface area contributed by atoms with E-state index in [1.54, 1.807) is 17.6 Å². The van der Waals surface area contributed by atoms with Crippen LogP contribution in [0.25, 0.3) is 0 Å². The van der Waals surface area contributed by atoms with Crippen molar-refractivity contribution in [3.05, 3.63) is 39.7 Å². The Kier molecular flexibility index (Phi) is 9.57. The first-order valence-electron chi connectivity index (χ1n) is 9.30. The number of nitrogens with one attached hydrogen (secondary N) is 2. The standard InChI is InChI=1S/C19H28N4O2S.HI/c1-14-15(2)26-18(23-14)13-22-19(20-9-8-16-7-5-11-24-16)21-12-17-6-3-4-10-25-17;/h5,7,11,17H,3-4,6,8-10,12-13H2,1-2H3,(H2,20,21,22);1H.